The van der Waals surface area contributed by atoms with Gasteiger partial charge in [-0.3, -0.25) is 0 Å². The van der Waals surface area contributed by atoms with Gasteiger partial charge in [0.2, 0.25) is 0 Å². The molecule has 15 heavy (non-hydrogen) atoms. The lowest BCUT2D eigenvalue weighted by atomic mass is 10.1. The van der Waals surface area contributed by atoms with Gasteiger partial charge >= 0.3 is 0 Å². The van der Waals surface area contributed by atoms with Gasteiger partial charge in [-0.2, -0.15) is 0 Å². The molecule has 1 atom stereocenters. The summed E-state index contributed by atoms with van der Waals surface area (Å²) in [5, 5.41) is 8.89. The van der Waals surface area contributed by atoms with Gasteiger partial charge in [0.05, 0.1) is 12.1 Å². The lowest BCUT2D eigenvalue weighted by Crippen LogP contribution is -2.45. The van der Waals surface area contributed by atoms with Gasteiger partial charge in [0, 0.05) is 6.07 Å². The molecule has 0 aliphatic rings. The number of halogens is 1. The quantitative estimate of drug-likeness (QED) is 0.790. The summed E-state index contributed by atoms with van der Waals surface area (Å²) in [5.41, 5.74) is 5.43. The fourth-order valence-corrected chi connectivity index (χ4v) is 0.957. The number of aliphatic hydroxyl groups is 1. The first kappa shape index (κ1) is 11.9. The molecule has 1 aromatic carbocycles. The second-order valence-corrected chi connectivity index (χ2v) is 4.01. The van der Waals surface area contributed by atoms with E-state index < -0.39 is 5.54 Å². The van der Waals surface area contributed by atoms with E-state index in [0.717, 1.165) is 0 Å². The van der Waals surface area contributed by atoms with Crippen molar-refractivity contribution in [3.8, 4) is 5.75 Å². The summed E-state index contributed by atoms with van der Waals surface area (Å²) in [6.07, 6.45) is 0. The number of hydrogen-bond acceptors (Lipinski definition) is 3. The third kappa shape index (κ3) is 3.49. The van der Waals surface area contributed by atoms with Crippen molar-refractivity contribution in [3.05, 3.63) is 29.6 Å². The van der Waals surface area contributed by atoms with Gasteiger partial charge in [-0.15, -0.1) is 0 Å². The molecule has 0 saturated carbocycles. The third-order valence-electron chi connectivity index (χ3n) is 2.07. The average Bonchev–Trinajstić information content (AvgIpc) is 2.20. The molecule has 1 aromatic rings. The summed E-state index contributed by atoms with van der Waals surface area (Å²) in [7, 11) is 0. The van der Waals surface area contributed by atoms with Gasteiger partial charge < -0.3 is 15.6 Å². The first-order valence-electron chi connectivity index (χ1n) is 4.73. The second-order valence-electron chi connectivity index (χ2n) is 4.01. The average molecular weight is 213 g/mol. The monoisotopic (exact) mass is 213 g/mol. The Labute approximate surface area is 88.7 Å². The molecule has 0 spiro atoms. The zero-order valence-corrected chi connectivity index (χ0v) is 8.96. The normalized spacial score (nSPS) is 14.7. The summed E-state index contributed by atoms with van der Waals surface area (Å²) in [5.74, 6) is 0.110. The number of rotatable bonds is 4. The summed E-state index contributed by atoms with van der Waals surface area (Å²) >= 11 is 0. The van der Waals surface area contributed by atoms with E-state index in [9.17, 15) is 4.39 Å². The van der Waals surface area contributed by atoms with Crippen LogP contribution in [0.4, 0.5) is 4.39 Å². The topological polar surface area (TPSA) is 55.5 Å². The highest BCUT2D eigenvalue weighted by molar-refractivity contribution is 5.28. The Morgan fingerprint density at radius 2 is 2.20 bits per heavy atom. The molecule has 0 radical (unpaired) electrons. The molecule has 1 unspecified atom stereocenters. The summed E-state index contributed by atoms with van der Waals surface area (Å²) in [6, 6.07) is 4.62. The first-order valence-corrected chi connectivity index (χ1v) is 4.73. The lowest BCUT2D eigenvalue weighted by molar-refractivity contribution is 0.146. The van der Waals surface area contributed by atoms with Gasteiger partial charge in [0.25, 0.3) is 0 Å². The van der Waals surface area contributed by atoms with Gasteiger partial charge in [0.1, 0.15) is 18.2 Å². The van der Waals surface area contributed by atoms with E-state index in [-0.39, 0.29) is 19.0 Å². The van der Waals surface area contributed by atoms with Crippen LogP contribution in [0.3, 0.4) is 0 Å². The van der Waals surface area contributed by atoms with Crippen LogP contribution in [0.5, 0.6) is 5.75 Å². The van der Waals surface area contributed by atoms with Crippen LogP contribution in [-0.4, -0.2) is 23.9 Å². The predicted molar refractivity (Wildman–Crippen MR) is 56.3 cm³/mol. The molecule has 84 valence electrons. The molecule has 0 amide bonds. The van der Waals surface area contributed by atoms with Gasteiger partial charge in [0.15, 0.2) is 0 Å². The zero-order chi connectivity index (χ0) is 11.5. The molecule has 0 bridgehead atoms. The summed E-state index contributed by atoms with van der Waals surface area (Å²) < 4.78 is 18.4. The second kappa shape index (κ2) is 4.59. The van der Waals surface area contributed by atoms with Crippen LogP contribution < -0.4 is 10.5 Å². The lowest BCUT2D eigenvalue weighted by Gasteiger charge is -2.21. The van der Waals surface area contributed by atoms with Gasteiger partial charge in [-0.05, 0) is 25.5 Å². The maximum Gasteiger partial charge on any atom is 0.129 e. The van der Waals surface area contributed by atoms with Gasteiger partial charge in [-0.1, -0.05) is 6.07 Å². The Balaban J connectivity index is 2.62. The minimum atomic E-state index is -0.804. The first-order chi connectivity index (χ1) is 6.94. The van der Waals surface area contributed by atoms with Crippen molar-refractivity contribution in [3.63, 3.8) is 0 Å². The molecule has 0 fully saturated rings. The molecule has 1 rings (SSSR count). The molecule has 0 aliphatic carbocycles. The highest BCUT2D eigenvalue weighted by Gasteiger charge is 2.18. The molecule has 0 heterocycles. The zero-order valence-electron chi connectivity index (χ0n) is 8.96. The van der Waals surface area contributed by atoms with E-state index in [2.05, 4.69) is 0 Å². The van der Waals surface area contributed by atoms with E-state index in [0.29, 0.717) is 11.3 Å². The number of aliphatic hydroxyl groups excluding tert-OH is 1. The van der Waals surface area contributed by atoms with Crippen molar-refractivity contribution in [1.82, 2.24) is 0 Å². The van der Waals surface area contributed by atoms with Crippen molar-refractivity contribution in [2.75, 3.05) is 13.2 Å². The Kier molecular flexibility index (Phi) is 3.66. The Morgan fingerprint density at radius 1 is 1.53 bits per heavy atom. The molecule has 4 heteroatoms. The van der Waals surface area contributed by atoms with E-state index >= 15 is 0 Å². The summed E-state index contributed by atoms with van der Waals surface area (Å²) in [6.45, 7) is 3.31. The molecule has 0 aromatic heterocycles. The standard InChI is InChI=1S/C11H16FNO2/c1-8-3-4-9(5-10(8)12)15-7-11(2,13)6-14/h3-5,14H,6-7,13H2,1-2H3. The van der Waals surface area contributed by atoms with Crippen molar-refractivity contribution in [2.45, 2.75) is 19.4 Å². The van der Waals surface area contributed by atoms with Crippen LogP contribution in [-0.2, 0) is 0 Å². The predicted octanol–water partition coefficient (Wildman–Crippen LogP) is 1.22. The van der Waals surface area contributed by atoms with Crippen LogP contribution in [0.15, 0.2) is 18.2 Å². The third-order valence-corrected chi connectivity index (χ3v) is 2.07. The minimum absolute atomic E-state index is 0.145. The van der Waals surface area contributed by atoms with Crippen molar-refractivity contribution < 1.29 is 14.2 Å². The number of hydrogen-bond donors (Lipinski definition) is 2. The fraction of sp³-hybridized carbons (Fsp3) is 0.455. The van der Waals surface area contributed by atoms with E-state index in [1.54, 1.807) is 26.0 Å². The molecule has 0 saturated heterocycles. The van der Waals surface area contributed by atoms with E-state index in [1.165, 1.54) is 6.07 Å². The minimum Gasteiger partial charge on any atom is -0.491 e. The number of benzene rings is 1. The van der Waals surface area contributed by atoms with Crippen molar-refractivity contribution in [2.24, 2.45) is 5.73 Å². The Morgan fingerprint density at radius 3 is 2.73 bits per heavy atom. The van der Waals surface area contributed by atoms with Crippen molar-refractivity contribution in [1.29, 1.82) is 0 Å². The summed E-state index contributed by atoms with van der Waals surface area (Å²) in [4.78, 5) is 0. The highest BCUT2D eigenvalue weighted by atomic mass is 19.1. The van der Waals surface area contributed by atoms with Crippen LogP contribution in [0.1, 0.15) is 12.5 Å². The number of aryl methyl sites for hydroxylation is 1. The molecular formula is C11H16FNO2. The Hall–Kier alpha value is -1.13. The molecule has 3 nitrogen and oxygen atoms in total. The van der Waals surface area contributed by atoms with Crippen LogP contribution in [0.25, 0.3) is 0 Å². The van der Waals surface area contributed by atoms with E-state index in [1.807, 2.05) is 0 Å². The van der Waals surface area contributed by atoms with Crippen LogP contribution >= 0.6 is 0 Å². The molecular weight excluding hydrogens is 197 g/mol. The number of ether oxygens (including phenoxy) is 1. The maximum atomic E-state index is 13.1. The maximum absolute atomic E-state index is 13.1. The van der Waals surface area contributed by atoms with Crippen LogP contribution in [0.2, 0.25) is 0 Å². The molecule has 0 aliphatic heterocycles. The van der Waals surface area contributed by atoms with Crippen LogP contribution in [0, 0.1) is 12.7 Å². The smallest absolute Gasteiger partial charge is 0.129 e. The molecule has 3 N–H and O–H groups in total. The largest absolute Gasteiger partial charge is 0.491 e. The van der Waals surface area contributed by atoms with Gasteiger partial charge in [-0.25, -0.2) is 4.39 Å². The Bertz CT molecular complexity index is 339. The van der Waals surface area contributed by atoms with E-state index in [4.69, 9.17) is 15.6 Å². The number of nitrogens with two attached hydrogens (primary N) is 1. The highest BCUT2D eigenvalue weighted by Crippen LogP contribution is 2.16. The van der Waals surface area contributed by atoms with Crippen molar-refractivity contribution >= 4 is 0 Å². The fourth-order valence-electron chi connectivity index (χ4n) is 0.957. The SMILES string of the molecule is Cc1ccc(OCC(C)(N)CO)cc1F.